The number of carbonyl (C=O) groups is 2. The number of rotatable bonds is 8. The van der Waals surface area contributed by atoms with Crippen molar-refractivity contribution >= 4 is 29.3 Å². The number of benzene rings is 2. The number of hydrogen-bond donors (Lipinski definition) is 1. The molecule has 0 aliphatic rings. The molecule has 0 atom stereocenters. The number of aryl methyl sites for hydroxylation is 2. The number of carbonyl (C=O) groups excluding carboxylic acids is 1. The van der Waals surface area contributed by atoms with Gasteiger partial charge in [0.1, 0.15) is 5.75 Å². The summed E-state index contributed by atoms with van der Waals surface area (Å²) in [5.41, 5.74) is 3.26. The van der Waals surface area contributed by atoms with Crippen molar-refractivity contribution in [3.8, 4) is 5.75 Å². The average molecular weight is 373 g/mol. The molecule has 0 spiro atoms. The number of nitrogens with zero attached hydrogens (tertiary/aromatic N) is 1. The monoisotopic (exact) mass is 373 g/mol. The van der Waals surface area contributed by atoms with E-state index in [2.05, 4.69) is 32.0 Å². The number of anilines is 1. The van der Waals surface area contributed by atoms with Crippen LogP contribution in [-0.2, 0) is 9.59 Å². The molecule has 0 radical (unpaired) electrons. The van der Waals surface area contributed by atoms with E-state index in [0.29, 0.717) is 17.9 Å². The van der Waals surface area contributed by atoms with Gasteiger partial charge in [-0.3, -0.25) is 4.79 Å². The molecule has 0 saturated heterocycles. The largest absolute Gasteiger partial charge is 0.482 e. The highest BCUT2D eigenvalue weighted by molar-refractivity contribution is 7.99. The molecule has 0 aromatic heterocycles. The first-order valence-electron chi connectivity index (χ1n) is 8.28. The number of carboxylic acids is 1. The molecule has 0 fully saturated rings. The minimum atomic E-state index is -1.03. The molecule has 0 unspecified atom stereocenters. The van der Waals surface area contributed by atoms with E-state index in [4.69, 9.17) is 9.84 Å². The van der Waals surface area contributed by atoms with Gasteiger partial charge in [-0.05, 0) is 61.4 Å². The van der Waals surface area contributed by atoms with Crippen molar-refractivity contribution in [2.24, 2.45) is 0 Å². The molecule has 26 heavy (non-hydrogen) atoms. The molecule has 5 nitrogen and oxygen atoms in total. The topological polar surface area (TPSA) is 66.8 Å². The van der Waals surface area contributed by atoms with E-state index in [1.54, 1.807) is 48.0 Å². The zero-order valence-corrected chi connectivity index (χ0v) is 16.0. The van der Waals surface area contributed by atoms with E-state index < -0.39 is 5.97 Å². The Hall–Kier alpha value is -2.47. The summed E-state index contributed by atoms with van der Waals surface area (Å²) in [6, 6.07) is 13.1. The second-order valence-electron chi connectivity index (χ2n) is 5.97. The summed E-state index contributed by atoms with van der Waals surface area (Å²) in [7, 11) is 1.73. The Morgan fingerprint density at radius 2 is 1.77 bits per heavy atom. The first-order valence-corrected chi connectivity index (χ1v) is 9.26. The maximum atomic E-state index is 12.4. The van der Waals surface area contributed by atoms with Crippen LogP contribution >= 0.6 is 11.8 Å². The lowest BCUT2D eigenvalue weighted by Crippen LogP contribution is -2.26. The van der Waals surface area contributed by atoms with Crippen LogP contribution in [0.15, 0.2) is 47.4 Å². The van der Waals surface area contributed by atoms with Crippen molar-refractivity contribution < 1.29 is 19.4 Å². The van der Waals surface area contributed by atoms with Gasteiger partial charge in [-0.2, -0.15) is 0 Å². The fourth-order valence-corrected chi connectivity index (χ4v) is 3.22. The van der Waals surface area contributed by atoms with Gasteiger partial charge in [0.25, 0.3) is 0 Å². The third kappa shape index (κ3) is 5.81. The summed E-state index contributed by atoms with van der Waals surface area (Å²) in [5.74, 6) is 0.177. The molecule has 0 aliphatic carbocycles. The Bertz CT molecular complexity index is 774. The highest BCUT2D eigenvalue weighted by Gasteiger charge is 2.11. The van der Waals surface area contributed by atoms with Gasteiger partial charge in [-0.15, -0.1) is 11.8 Å². The first-order chi connectivity index (χ1) is 12.4. The quantitative estimate of drug-likeness (QED) is 0.711. The second-order valence-corrected chi connectivity index (χ2v) is 7.14. The van der Waals surface area contributed by atoms with Gasteiger partial charge in [0, 0.05) is 29.8 Å². The van der Waals surface area contributed by atoms with Crippen LogP contribution in [0, 0.1) is 13.8 Å². The average Bonchev–Trinajstić information content (AvgIpc) is 2.62. The van der Waals surface area contributed by atoms with Gasteiger partial charge < -0.3 is 14.7 Å². The van der Waals surface area contributed by atoms with Crippen molar-refractivity contribution in [3.63, 3.8) is 0 Å². The number of amides is 1. The number of hydrogen-bond acceptors (Lipinski definition) is 4. The predicted molar refractivity (Wildman–Crippen MR) is 104 cm³/mol. The number of aliphatic carboxylic acids is 1. The van der Waals surface area contributed by atoms with E-state index in [0.717, 1.165) is 5.69 Å². The van der Waals surface area contributed by atoms with Crippen molar-refractivity contribution in [1.82, 2.24) is 0 Å². The summed E-state index contributed by atoms with van der Waals surface area (Å²) >= 11 is 1.67. The number of carboxylic acid groups (broad SMARTS) is 1. The maximum absolute atomic E-state index is 12.4. The predicted octanol–water partition coefficient (Wildman–Crippen LogP) is 3.91. The Labute approximate surface area is 158 Å². The molecule has 1 amide bonds. The highest BCUT2D eigenvalue weighted by atomic mass is 32.2. The molecule has 0 heterocycles. The third-order valence-electron chi connectivity index (χ3n) is 4.02. The van der Waals surface area contributed by atoms with Crippen LogP contribution in [0.4, 0.5) is 5.69 Å². The lowest BCUT2D eigenvalue weighted by Gasteiger charge is -2.17. The van der Waals surface area contributed by atoms with Gasteiger partial charge in [-0.25, -0.2) is 4.79 Å². The van der Waals surface area contributed by atoms with Crippen LogP contribution in [0.3, 0.4) is 0 Å². The third-order valence-corrected chi connectivity index (χ3v) is 5.02. The Kier molecular flexibility index (Phi) is 7.09. The summed E-state index contributed by atoms with van der Waals surface area (Å²) in [6.07, 6.45) is 0.436. The van der Waals surface area contributed by atoms with Crippen LogP contribution in [0.25, 0.3) is 0 Å². The standard InChI is InChI=1S/C20H23NO4S/c1-14-4-9-18(12-15(14)2)26-11-10-19(22)21(3)16-5-7-17(8-6-16)25-13-20(23)24/h4-9,12H,10-11,13H2,1-3H3,(H,23,24). The molecule has 2 aromatic rings. The van der Waals surface area contributed by atoms with Gasteiger partial charge in [0.05, 0.1) is 0 Å². The normalized spacial score (nSPS) is 10.4. The highest BCUT2D eigenvalue weighted by Crippen LogP contribution is 2.23. The van der Waals surface area contributed by atoms with E-state index >= 15 is 0 Å². The lowest BCUT2D eigenvalue weighted by molar-refractivity contribution is -0.139. The zero-order valence-electron chi connectivity index (χ0n) is 15.2. The van der Waals surface area contributed by atoms with Crippen molar-refractivity contribution in [2.75, 3.05) is 24.3 Å². The van der Waals surface area contributed by atoms with E-state index in [-0.39, 0.29) is 12.5 Å². The summed E-state index contributed by atoms with van der Waals surface area (Å²) in [6.45, 7) is 3.78. The first kappa shape index (κ1) is 19.8. The SMILES string of the molecule is Cc1ccc(SCCC(=O)N(C)c2ccc(OCC(=O)O)cc2)cc1C. The Morgan fingerprint density at radius 3 is 2.38 bits per heavy atom. The molecule has 0 bridgehead atoms. The van der Waals surface area contributed by atoms with Crippen LogP contribution in [-0.4, -0.2) is 36.4 Å². The lowest BCUT2D eigenvalue weighted by atomic mass is 10.1. The van der Waals surface area contributed by atoms with Gasteiger partial charge in [-0.1, -0.05) is 6.07 Å². The number of thioether (sulfide) groups is 1. The summed E-state index contributed by atoms with van der Waals surface area (Å²) in [5, 5.41) is 8.60. The molecular weight excluding hydrogens is 350 g/mol. The minimum Gasteiger partial charge on any atom is -0.482 e. The van der Waals surface area contributed by atoms with E-state index in [9.17, 15) is 9.59 Å². The number of ether oxygens (including phenoxy) is 1. The van der Waals surface area contributed by atoms with Crippen LogP contribution in [0.1, 0.15) is 17.5 Å². The smallest absolute Gasteiger partial charge is 0.341 e. The van der Waals surface area contributed by atoms with Crippen molar-refractivity contribution in [2.45, 2.75) is 25.2 Å². The Balaban J connectivity index is 1.84. The maximum Gasteiger partial charge on any atom is 0.341 e. The second kappa shape index (κ2) is 9.29. The van der Waals surface area contributed by atoms with Crippen LogP contribution < -0.4 is 9.64 Å². The fraction of sp³-hybridized carbons (Fsp3) is 0.300. The molecule has 2 aromatic carbocycles. The molecule has 138 valence electrons. The summed E-state index contributed by atoms with van der Waals surface area (Å²) in [4.78, 5) is 25.6. The van der Waals surface area contributed by atoms with Crippen LogP contribution in [0.5, 0.6) is 5.75 Å². The molecule has 0 aliphatic heterocycles. The minimum absolute atomic E-state index is 0.0283. The van der Waals surface area contributed by atoms with Gasteiger partial charge >= 0.3 is 5.97 Å². The molecule has 6 heteroatoms. The Morgan fingerprint density at radius 1 is 1.08 bits per heavy atom. The zero-order chi connectivity index (χ0) is 19.1. The van der Waals surface area contributed by atoms with E-state index in [1.807, 2.05) is 0 Å². The fourth-order valence-electron chi connectivity index (χ4n) is 2.28. The molecule has 2 rings (SSSR count). The van der Waals surface area contributed by atoms with Crippen molar-refractivity contribution in [1.29, 1.82) is 0 Å². The summed E-state index contributed by atoms with van der Waals surface area (Å²) < 4.78 is 5.09. The van der Waals surface area contributed by atoms with E-state index in [1.165, 1.54) is 16.0 Å². The molecule has 0 saturated carbocycles. The van der Waals surface area contributed by atoms with Crippen molar-refractivity contribution in [3.05, 3.63) is 53.6 Å². The van der Waals surface area contributed by atoms with Crippen LogP contribution in [0.2, 0.25) is 0 Å². The molecule has 1 N–H and O–H groups in total. The van der Waals surface area contributed by atoms with Gasteiger partial charge in [0.15, 0.2) is 6.61 Å². The molecular formula is C20H23NO4S. The van der Waals surface area contributed by atoms with Gasteiger partial charge in [0.2, 0.25) is 5.91 Å².